The van der Waals surface area contributed by atoms with Gasteiger partial charge in [-0.2, -0.15) is 0 Å². The zero-order chi connectivity index (χ0) is 20.4. The lowest BCUT2D eigenvalue weighted by Gasteiger charge is -2.15. The molecular weight excluding hydrogens is 388 g/mol. The molecule has 1 amide bonds. The molecule has 5 nitrogen and oxygen atoms in total. The maximum absolute atomic E-state index is 12.9. The van der Waals surface area contributed by atoms with Gasteiger partial charge in [0.2, 0.25) is 0 Å². The first kappa shape index (κ1) is 18.8. The van der Waals surface area contributed by atoms with Gasteiger partial charge in [-0.25, -0.2) is 4.79 Å². The van der Waals surface area contributed by atoms with E-state index in [9.17, 15) is 9.59 Å². The first-order valence-electron chi connectivity index (χ1n) is 8.93. The highest BCUT2D eigenvalue weighted by atomic mass is 35.5. The summed E-state index contributed by atoms with van der Waals surface area (Å²) in [5.41, 5.74) is 4.36. The predicted molar refractivity (Wildman–Crippen MR) is 115 cm³/mol. The van der Waals surface area contributed by atoms with Gasteiger partial charge in [-0.05, 0) is 48.0 Å². The van der Waals surface area contributed by atoms with Gasteiger partial charge in [-0.15, -0.1) is 0 Å². The number of fused-ring (bicyclic) bond motifs is 1. The molecule has 2 N–H and O–H groups in total. The Balaban J connectivity index is 1.90. The normalized spacial score (nSPS) is 14.1. The maximum atomic E-state index is 12.9. The highest BCUT2D eigenvalue weighted by molar-refractivity contribution is 6.37. The van der Waals surface area contributed by atoms with Gasteiger partial charge in [0.1, 0.15) is 0 Å². The lowest BCUT2D eigenvalue weighted by atomic mass is 9.98. The van der Waals surface area contributed by atoms with Crippen LogP contribution in [0.1, 0.15) is 21.5 Å². The van der Waals surface area contributed by atoms with Gasteiger partial charge in [0.05, 0.1) is 23.9 Å². The Morgan fingerprint density at radius 1 is 0.966 bits per heavy atom. The number of ether oxygens (including phenoxy) is 1. The second kappa shape index (κ2) is 7.81. The van der Waals surface area contributed by atoms with E-state index >= 15 is 0 Å². The molecule has 0 atom stereocenters. The highest BCUT2D eigenvalue weighted by Crippen LogP contribution is 2.38. The van der Waals surface area contributed by atoms with Crippen LogP contribution < -0.4 is 10.6 Å². The third kappa shape index (κ3) is 3.73. The number of hydrogen-bond donors (Lipinski definition) is 2. The van der Waals surface area contributed by atoms with E-state index < -0.39 is 5.97 Å². The summed E-state index contributed by atoms with van der Waals surface area (Å²) in [5.74, 6) is -0.708. The van der Waals surface area contributed by atoms with E-state index in [4.69, 9.17) is 16.3 Å². The van der Waals surface area contributed by atoms with Crippen molar-refractivity contribution in [1.82, 2.24) is 0 Å². The average molecular weight is 405 g/mol. The van der Waals surface area contributed by atoms with E-state index in [2.05, 4.69) is 10.6 Å². The maximum Gasteiger partial charge on any atom is 0.337 e. The summed E-state index contributed by atoms with van der Waals surface area (Å²) in [6.45, 7) is 0. The molecule has 0 unspecified atom stereocenters. The van der Waals surface area contributed by atoms with Crippen molar-refractivity contribution in [2.45, 2.75) is 0 Å². The largest absolute Gasteiger partial charge is 0.465 e. The van der Waals surface area contributed by atoms with Crippen LogP contribution in [0, 0.1) is 0 Å². The number of carbonyl (C=O) groups is 2. The van der Waals surface area contributed by atoms with E-state index in [1.807, 2.05) is 42.5 Å². The van der Waals surface area contributed by atoms with E-state index in [1.165, 1.54) is 7.11 Å². The molecule has 0 saturated carbocycles. The second-order valence-corrected chi connectivity index (χ2v) is 6.89. The molecule has 0 aliphatic carbocycles. The Morgan fingerprint density at radius 2 is 1.69 bits per heavy atom. The van der Waals surface area contributed by atoms with Crippen molar-refractivity contribution in [1.29, 1.82) is 0 Å². The average Bonchev–Trinajstić information content (AvgIpc) is 3.08. The fourth-order valence-electron chi connectivity index (χ4n) is 3.22. The molecule has 3 aromatic rings. The molecule has 144 valence electrons. The predicted octanol–water partition coefficient (Wildman–Crippen LogP) is 5.06. The van der Waals surface area contributed by atoms with Gasteiger partial charge in [0.15, 0.2) is 0 Å². The number of benzene rings is 3. The Morgan fingerprint density at radius 3 is 2.38 bits per heavy atom. The quantitative estimate of drug-likeness (QED) is 0.471. The van der Waals surface area contributed by atoms with E-state index in [1.54, 1.807) is 30.3 Å². The van der Waals surface area contributed by atoms with Gasteiger partial charge in [0.25, 0.3) is 5.91 Å². The number of carbonyl (C=O) groups excluding carboxylic acids is 2. The van der Waals surface area contributed by atoms with Gasteiger partial charge in [-0.3, -0.25) is 4.79 Å². The second-order valence-electron chi connectivity index (χ2n) is 6.45. The van der Waals surface area contributed by atoms with Crippen molar-refractivity contribution in [3.63, 3.8) is 0 Å². The van der Waals surface area contributed by atoms with Crippen LogP contribution in [0.3, 0.4) is 0 Å². The smallest absolute Gasteiger partial charge is 0.337 e. The van der Waals surface area contributed by atoms with Crippen LogP contribution in [-0.2, 0) is 9.53 Å². The van der Waals surface area contributed by atoms with Crippen LogP contribution in [0.5, 0.6) is 0 Å². The third-order valence-electron chi connectivity index (χ3n) is 4.61. The van der Waals surface area contributed by atoms with E-state index in [0.29, 0.717) is 33.1 Å². The molecule has 0 fully saturated rings. The van der Waals surface area contributed by atoms with Crippen LogP contribution in [0.2, 0.25) is 5.02 Å². The van der Waals surface area contributed by atoms with Crippen LogP contribution in [0.4, 0.5) is 11.4 Å². The number of amides is 1. The summed E-state index contributed by atoms with van der Waals surface area (Å²) in [6, 6.07) is 21.8. The van der Waals surface area contributed by atoms with E-state index in [-0.39, 0.29) is 5.91 Å². The van der Waals surface area contributed by atoms with Crippen molar-refractivity contribution in [3.05, 3.63) is 94.5 Å². The van der Waals surface area contributed by atoms with Gasteiger partial charge < -0.3 is 15.4 Å². The number of hydrogen-bond acceptors (Lipinski definition) is 4. The van der Waals surface area contributed by atoms with Crippen molar-refractivity contribution < 1.29 is 14.3 Å². The lowest BCUT2D eigenvalue weighted by molar-refractivity contribution is -0.110. The molecule has 1 aliphatic rings. The highest BCUT2D eigenvalue weighted by Gasteiger charge is 2.29. The number of halogens is 1. The number of rotatable bonds is 4. The molecule has 0 aromatic heterocycles. The molecule has 6 heteroatoms. The van der Waals surface area contributed by atoms with Crippen LogP contribution >= 0.6 is 11.6 Å². The van der Waals surface area contributed by atoms with Crippen LogP contribution in [0.25, 0.3) is 11.3 Å². The topological polar surface area (TPSA) is 67.4 Å². The Labute approximate surface area is 173 Å². The Kier molecular flexibility index (Phi) is 5.06. The Bertz CT molecular complexity index is 1120. The standard InChI is InChI=1S/C23H17ClN2O3/c1-29-23(28)15-7-12-19-18(13-15)20(22(27)26-19)21(14-5-3-2-4-6-14)25-17-10-8-16(24)9-11-17/h2-13,25H,1H3,(H,26,27)/b21-20-. The first-order valence-corrected chi connectivity index (χ1v) is 9.31. The number of anilines is 2. The molecule has 0 radical (unpaired) electrons. The molecule has 0 bridgehead atoms. The van der Waals surface area contributed by atoms with Crippen molar-refractivity contribution in [3.8, 4) is 0 Å². The molecular formula is C23H17ClN2O3. The fourth-order valence-corrected chi connectivity index (χ4v) is 3.35. The van der Waals surface area contributed by atoms with Crippen molar-refractivity contribution in [2.75, 3.05) is 17.7 Å². The van der Waals surface area contributed by atoms with Gasteiger partial charge in [-0.1, -0.05) is 41.9 Å². The minimum absolute atomic E-state index is 0.248. The number of esters is 1. The van der Waals surface area contributed by atoms with Gasteiger partial charge >= 0.3 is 5.97 Å². The minimum atomic E-state index is -0.460. The summed E-state index contributed by atoms with van der Waals surface area (Å²) in [4.78, 5) is 24.9. The van der Waals surface area contributed by atoms with E-state index in [0.717, 1.165) is 11.3 Å². The minimum Gasteiger partial charge on any atom is -0.465 e. The molecule has 4 rings (SSSR count). The van der Waals surface area contributed by atoms with Crippen LogP contribution in [-0.4, -0.2) is 19.0 Å². The molecule has 1 heterocycles. The van der Waals surface area contributed by atoms with Crippen LogP contribution in [0.15, 0.2) is 72.8 Å². The van der Waals surface area contributed by atoms with Gasteiger partial charge in [0, 0.05) is 22.0 Å². The monoisotopic (exact) mass is 404 g/mol. The summed E-state index contributed by atoms with van der Waals surface area (Å²) >= 11 is 6.00. The molecule has 3 aromatic carbocycles. The zero-order valence-corrected chi connectivity index (χ0v) is 16.3. The van der Waals surface area contributed by atoms with Crippen molar-refractivity contribution >= 4 is 46.1 Å². The number of nitrogens with one attached hydrogen (secondary N) is 2. The Hall–Kier alpha value is -3.57. The molecule has 1 aliphatic heterocycles. The summed E-state index contributed by atoms with van der Waals surface area (Å²) in [6.07, 6.45) is 0. The van der Waals surface area contributed by atoms with Crippen molar-refractivity contribution in [2.24, 2.45) is 0 Å². The zero-order valence-electron chi connectivity index (χ0n) is 15.5. The summed E-state index contributed by atoms with van der Waals surface area (Å²) < 4.78 is 4.82. The molecule has 29 heavy (non-hydrogen) atoms. The molecule has 0 spiro atoms. The SMILES string of the molecule is COC(=O)c1ccc2c(c1)/C(=C(/Nc1ccc(Cl)cc1)c1ccccc1)C(=O)N2. The summed E-state index contributed by atoms with van der Waals surface area (Å²) in [7, 11) is 1.33. The molecule has 0 saturated heterocycles. The summed E-state index contributed by atoms with van der Waals surface area (Å²) in [5, 5.41) is 6.83. The third-order valence-corrected chi connectivity index (χ3v) is 4.86. The fraction of sp³-hybridized carbons (Fsp3) is 0.0435. The first-order chi connectivity index (χ1) is 14.1. The number of methoxy groups -OCH3 is 1. The lowest BCUT2D eigenvalue weighted by Crippen LogP contribution is -2.10.